The lowest BCUT2D eigenvalue weighted by Gasteiger charge is -2.03. The summed E-state index contributed by atoms with van der Waals surface area (Å²) in [5.74, 6) is 0.814. The minimum Gasteiger partial charge on any atom is -0.494 e. The third kappa shape index (κ3) is 4.54. The largest absolute Gasteiger partial charge is 0.494 e. The van der Waals surface area contributed by atoms with E-state index in [1.165, 1.54) is 11.3 Å². The van der Waals surface area contributed by atoms with Gasteiger partial charge in [-0.1, -0.05) is 0 Å². The number of nitrogens with zero attached hydrogens (tertiary/aromatic N) is 1. The van der Waals surface area contributed by atoms with Crippen LogP contribution in [0.15, 0.2) is 29.6 Å². The van der Waals surface area contributed by atoms with Gasteiger partial charge in [-0.25, -0.2) is 4.98 Å². The molecule has 0 saturated heterocycles. The van der Waals surface area contributed by atoms with Crippen molar-refractivity contribution >= 4 is 22.4 Å². The zero-order valence-electron chi connectivity index (χ0n) is 12.2. The number of ether oxygens (including phenoxy) is 1. The molecule has 0 aliphatic heterocycles. The molecule has 2 N–H and O–H groups in total. The Hall–Kier alpha value is -1.92. The van der Waals surface area contributed by atoms with E-state index in [0.29, 0.717) is 24.7 Å². The summed E-state index contributed by atoms with van der Waals surface area (Å²) < 4.78 is 5.41. The predicted octanol–water partition coefficient (Wildman–Crippen LogP) is 2.76. The lowest BCUT2D eigenvalue weighted by Crippen LogP contribution is -2.18. The molecule has 1 heterocycles. The molecule has 1 aromatic carbocycles. The van der Waals surface area contributed by atoms with Crippen molar-refractivity contribution in [1.82, 2.24) is 10.3 Å². The molecule has 0 aliphatic carbocycles. The van der Waals surface area contributed by atoms with Crippen LogP contribution in [-0.4, -0.2) is 31.1 Å². The van der Waals surface area contributed by atoms with E-state index in [0.717, 1.165) is 17.0 Å². The molecular formula is C15H19N3O2S. The molecule has 21 heavy (non-hydrogen) atoms. The summed E-state index contributed by atoms with van der Waals surface area (Å²) in [7, 11) is 1.82. The maximum Gasteiger partial charge on any atom is 0.227 e. The standard InChI is InChI=1S/C15H19N3O2S/c1-3-20-12-6-4-11(5-7-12)13-10-21-15(17-13)18-14(19)8-9-16-2/h4-7,10,16H,3,8-9H2,1-2H3,(H,17,18,19). The number of thiazole rings is 1. The van der Waals surface area contributed by atoms with Crippen molar-refractivity contribution in [3.05, 3.63) is 29.6 Å². The van der Waals surface area contributed by atoms with Crippen LogP contribution in [0.3, 0.4) is 0 Å². The molecule has 0 spiro atoms. The highest BCUT2D eigenvalue weighted by Gasteiger charge is 2.08. The van der Waals surface area contributed by atoms with Crippen molar-refractivity contribution in [2.45, 2.75) is 13.3 Å². The molecule has 0 atom stereocenters. The Morgan fingerprint density at radius 2 is 2.10 bits per heavy atom. The smallest absolute Gasteiger partial charge is 0.227 e. The number of aromatic nitrogens is 1. The topological polar surface area (TPSA) is 63.2 Å². The summed E-state index contributed by atoms with van der Waals surface area (Å²) in [6, 6.07) is 7.77. The van der Waals surface area contributed by atoms with Crippen molar-refractivity contribution < 1.29 is 9.53 Å². The van der Waals surface area contributed by atoms with Crippen LogP contribution < -0.4 is 15.4 Å². The Kier molecular flexibility index (Phi) is 5.71. The number of amides is 1. The van der Waals surface area contributed by atoms with Gasteiger partial charge in [-0.15, -0.1) is 11.3 Å². The van der Waals surface area contributed by atoms with Crippen LogP contribution in [0, 0.1) is 0 Å². The third-order valence-electron chi connectivity index (χ3n) is 2.81. The first-order valence-electron chi connectivity index (χ1n) is 6.86. The lowest BCUT2D eigenvalue weighted by atomic mass is 10.2. The second-order valence-electron chi connectivity index (χ2n) is 4.40. The molecule has 1 amide bonds. The van der Waals surface area contributed by atoms with Crippen LogP contribution in [-0.2, 0) is 4.79 Å². The summed E-state index contributed by atoms with van der Waals surface area (Å²) in [4.78, 5) is 16.1. The Bertz CT molecular complexity index is 581. The molecule has 0 aliphatic rings. The van der Waals surface area contributed by atoms with Gasteiger partial charge in [0.1, 0.15) is 5.75 Å². The zero-order chi connectivity index (χ0) is 15.1. The highest BCUT2D eigenvalue weighted by atomic mass is 32.1. The number of nitrogens with one attached hydrogen (secondary N) is 2. The van der Waals surface area contributed by atoms with Crippen LogP contribution in [0.5, 0.6) is 5.75 Å². The van der Waals surface area contributed by atoms with Gasteiger partial charge in [-0.2, -0.15) is 0 Å². The number of rotatable bonds is 7. The number of carbonyl (C=O) groups is 1. The number of anilines is 1. The van der Waals surface area contributed by atoms with E-state index >= 15 is 0 Å². The fourth-order valence-electron chi connectivity index (χ4n) is 1.77. The molecule has 1 aromatic heterocycles. The van der Waals surface area contributed by atoms with Gasteiger partial charge in [0.15, 0.2) is 5.13 Å². The molecule has 6 heteroatoms. The van der Waals surface area contributed by atoms with Gasteiger partial charge < -0.3 is 15.4 Å². The van der Waals surface area contributed by atoms with Crippen LogP contribution in [0.2, 0.25) is 0 Å². The molecule has 0 bridgehead atoms. The summed E-state index contributed by atoms with van der Waals surface area (Å²) in [5, 5.41) is 8.30. The highest BCUT2D eigenvalue weighted by Crippen LogP contribution is 2.26. The Labute approximate surface area is 128 Å². The van der Waals surface area contributed by atoms with Crippen LogP contribution in [0.1, 0.15) is 13.3 Å². The van der Waals surface area contributed by atoms with Crippen molar-refractivity contribution in [3.63, 3.8) is 0 Å². The molecule has 5 nitrogen and oxygen atoms in total. The van der Waals surface area contributed by atoms with Crippen LogP contribution >= 0.6 is 11.3 Å². The van der Waals surface area contributed by atoms with E-state index in [9.17, 15) is 4.79 Å². The molecule has 0 radical (unpaired) electrons. The van der Waals surface area contributed by atoms with Gasteiger partial charge in [0, 0.05) is 23.9 Å². The number of benzene rings is 1. The van der Waals surface area contributed by atoms with Gasteiger partial charge in [0.2, 0.25) is 5.91 Å². The summed E-state index contributed by atoms with van der Waals surface area (Å²) >= 11 is 1.43. The van der Waals surface area contributed by atoms with E-state index in [2.05, 4.69) is 15.6 Å². The van der Waals surface area contributed by atoms with Crippen molar-refractivity contribution in [1.29, 1.82) is 0 Å². The van der Waals surface area contributed by atoms with Gasteiger partial charge in [-0.3, -0.25) is 4.79 Å². The third-order valence-corrected chi connectivity index (χ3v) is 3.57. The van der Waals surface area contributed by atoms with Gasteiger partial charge in [0.25, 0.3) is 0 Å². The van der Waals surface area contributed by atoms with Gasteiger partial charge in [-0.05, 0) is 38.2 Å². The average Bonchev–Trinajstić information content (AvgIpc) is 2.94. The zero-order valence-corrected chi connectivity index (χ0v) is 13.0. The number of hydrogen-bond acceptors (Lipinski definition) is 5. The Morgan fingerprint density at radius 1 is 1.33 bits per heavy atom. The van der Waals surface area contributed by atoms with Gasteiger partial charge in [0.05, 0.1) is 12.3 Å². The fourth-order valence-corrected chi connectivity index (χ4v) is 2.51. The Balaban J connectivity index is 2.00. The molecule has 0 unspecified atom stereocenters. The van der Waals surface area contributed by atoms with Crippen molar-refractivity contribution in [2.75, 3.05) is 25.5 Å². The predicted molar refractivity (Wildman–Crippen MR) is 85.9 cm³/mol. The normalized spacial score (nSPS) is 10.4. The first-order valence-corrected chi connectivity index (χ1v) is 7.74. The summed E-state index contributed by atoms with van der Waals surface area (Å²) in [5.41, 5.74) is 1.86. The van der Waals surface area contributed by atoms with Crippen molar-refractivity contribution in [3.8, 4) is 17.0 Å². The van der Waals surface area contributed by atoms with E-state index in [1.54, 1.807) is 0 Å². The summed E-state index contributed by atoms with van der Waals surface area (Å²) in [6.07, 6.45) is 0.439. The molecule has 2 rings (SSSR count). The second kappa shape index (κ2) is 7.75. The highest BCUT2D eigenvalue weighted by molar-refractivity contribution is 7.14. The van der Waals surface area contributed by atoms with Crippen LogP contribution in [0.4, 0.5) is 5.13 Å². The SMILES string of the molecule is CCOc1ccc(-c2csc(NC(=O)CCNC)n2)cc1. The quantitative estimate of drug-likeness (QED) is 0.825. The van der Waals surface area contributed by atoms with E-state index < -0.39 is 0 Å². The lowest BCUT2D eigenvalue weighted by molar-refractivity contribution is -0.116. The maximum absolute atomic E-state index is 11.6. The van der Waals surface area contributed by atoms with Gasteiger partial charge >= 0.3 is 0 Å². The first kappa shape index (κ1) is 15.5. The minimum absolute atomic E-state index is 0.0306. The molecule has 0 saturated carbocycles. The fraction of sp³-hybridized carbons (Fsp3) is 0.333. The van der Waals surface area contributed by atoms with E-state index in [4.69, 9.17) is 4.74 Å². The number of hydrogen-bond donors (Lipinski definition) is 2. The molecule has 2 aromatic rings. The van der Waals surface area contributed by atoms with E-state index in [1.807, 2.05) is 43.6 Å². The number of carbonyl (C=O) groups excluding carboxylic acids is 1. The maximum atomic E-state index is 11.6. The molecule has 112 valence electrons. The second-order valence-corrected chi connectivity index (χ2v) is 5.26. The van der Waals surface area contributed by atoms with Crippen molar-refractivity contribution in [2.24, 2.45) is 0 Å². The van der Waals surface area contributed by atoms with Crippen LogP contribution in [0.25, 0.3) is 11.3 Å². The first-order chi connectivity index (χ1) is 10.2. The average molecular weight is 305 g/mol. The Morgan fingerprint density at radius 3 is 2.76 bits per heavy atom. The molecule has 0 fully saturated rings. The monoisotopic (exact) mass is 305 g/mol. The van der Waals surface area contributed by atoms with E-state index in [-0.39, 0.29) is 5.91 Å². The minimum atomic E-state index is -0.0306. The summed E-state index contributed by atoms with van der Waals surface area (Å²) in [6.45, 7) is 3.26. The molecular weight excluding hydrogens is 286 g/mol.